The molecule has 1 aromatic carbocycles. The largest absolute Gasteiger partial charge is 0.349 e. The fourth-order valence-corrected chi connectivity index (χ4v) is 2.88. The third-order valence-corrected chi connectivity index (χ3v) is 4.35. The zero-order valence-electron chi connectivity index (χ0n) is 13.0. The molecular formula is C17H16N5OS+. The van der Waals surface area contributed by atoms with Crippen LogP contribution in [0.15, 0.2) is 41.4 Å². The molecule has 2 aromatic rings. The van der Waals surface area contributed by atoms with E-state index in [2.05, 4.69) is 10.3 Å². The molecule has 4 N–H and O–H groups in total. The van der Waals surface area contributed by atoms with Gasteiger partial charge in [-0.05, 0) is 18.6 Å². The lowest BCUT2D eigenvalue weighted by molar-refractivity contribution is -0.410. The smallest absolute Gasteiger partial charge is 0.289 e. The first kappa shape index (κ1) is 17.3. The van der Waals surface area contributed by atoms with Crippen molar-refractivity contribution in [2.45, 2.75) is 18.0 Å². The van der Waals surface area contributed by atoms with E-state index in [0.717, 1.165) is 5.56 Å². The van der Waals surface area contributed by atoms with E-state index < -0.39 is 0 Å². The Morgan fingerprint density at radius 1 is 1.29 bits per heavy atom. The predicted molar refractivity (Wildman–Crippen MR) is 90.6 cm³/mol. The van der Waals surface area contributed by atoms with Crippen molar-refractivity contribution < 1.29 is 9.78 Å². The van der Waals surface area contributed by atoms with E-state index in [1.165, 1.54) is 17.8 Å². The number of aromatic amines is 1. The van der Waals surface area contributed by atoms with Gasteiger partial charge in [-0.2, -0.15) is 10.5 Å². The molecule has 1 aromatic heterocycles. The first-order valence-corrected chi connectivity index (χ1v) is 8.16. The molecule has 0 radical (unpaired) electrons. The molecular weight excluding hydrogens is 322 g/mol. The highest BCUT2D eigenvalue weighted by Crippen LogP contribution is 2.20. The number of carbonyl (C=O) groups is 1. The molecule has 24 heavy (non-hydrogen) atoms. The van der Waals surface area contributed by atoms with Crippen molar-refractivity contribution in [1.82, 2.24) is 5.32 Å². The molecule has 0 saturated carbocycles. The summed E-state index contributed by atoms with van der Waals surface area (Å²) in [6.45, 7) is 1.91. The number of rotatable bonds is 5. The Labute approximate surface area is 144 Å². The third kappa shape index (κ3) is 4.25. The maximum absolute atomic E-state index is 12.1. The summed E-state index contributed by atoms with van der Waals surface area (Å²) in [7, 11) is 0. The van der Waals surface area contributed by atoms with Gasteiger partial charge < -0.3 is 5.32 Å². The number of nitrogens with zero attached hydrogens (tertiary/aromatic N) is 2. The number of anilines is 1. The maximum Gasteiger partial charge on any atom is 0.289 e. The van der Waals surface area contributed by atoms with Crippen molar-refractivity contribution in [3.05, 3.63) is 53.1 Å². The van der Waals surface area contributed by atoms with E-state index in [1.807, 2.05) is 49.4 Å². The summed E-state index contributed by atoms with van der Waals surface area (Å²) in [5, 5.41) is 21.4. The average Bonchev–Trinajstić information content (AvgIpc) is 2.60. The summed E-state index contributed by atoms with van der Waals surface area (Å²) in [6, 6.07) is 14.9. The summed E-state index contributed by atoms with van der Waals surface area (Å²) in [6.07, 6.45) is 0. The van der Waals surface area contributed by atoms with E-state index in [4.69, 9.17) is 16.3 Å². The highest BCUT2D eigenvalue weighted by atomic mass is 32.2. The van der Waals surface area contributed by atoms with Crippen LogP contribution in [0.5, 0.6) is 0 Å². The van der Waals surface area contributed by atoms with Crippen LogP contribution in [0.2, 0.25) is 0 Å². The fourth-order valence-electron chi connectivity index (χ4n) is 2.08. The first-order valence-electron chi connectivity index (χ1n) is 7.18. The minimum atomic E-state index is -0.156. The third-order valence-electron chi connectivity index (χ3n) is 3.34. The molecule has 1 heterocycles. The zero-order chi connectivity index (χ0) is 17.5. The topological polar surface area (TPSA) is 117 Å². The van der Waals surface area contributed by atoms with Gasteiger partial charge in [0, 0.05) is 0 Å². The number of carbonyl (C=O) groups excluding carboxylic acids is 1. The molecule has 7 heteroatoms. The molecule has 0 aliphatic heterocycles. The molecule has 120 valence electrons. The number of thioether (sulfide) groups is 1. The standard InChI is InChI=1S/C17H15N5OS/c1-11(12-5-3-2-4-6-12)21-15(23)10-24-17-14(9-19)7-13(8-18)16(20)22-17/h2-7,11H,10H2,1H3,(H2,20,22)(H,21,23)/p+1/t11-/m1/s1. The first-order chi connectivity index (χ1) is 11.5. The van der Waals surface area contributed by atoms with Crippen LogP contribution in [-0.2, 0) is 4.79 Å². The van der Waals surface area contributed by atoms with Gasteiger partial charge in [0.05, 0.1) is 11.8 Å². The Hall–Kier alpha value is -3.03. The second-order valence-corrected chi connectivity index (χ2v) is 6.04. The molecule has 0 saturated heterocycles. The van der Waals surface area contributed by atoms with E-state index >= 15 is 0 Å². The van der Waals surface area contributed by atoms with Crippen LogP contribution in [0, 0.1) is 22.7 Å². The monoisotopic (exact) mass is 338 g/mol. The molecule has 1 amide bonds. The van der Waals surface area contributed by atoms with Crippen molar-refractivity contribution in [3.63, 3.8) is 0 Å². The number of pyridine rings is 1. The highest BCUT2D eigenvalue weighted by molar-refractivity contribution is 7.99. The lowest BCUT2D eigenvalue weighted by Crippen LogP contribution is -2.28. The average molecular weight is 338 g/mol. The Morgan fingerprint density at radius 2 is 1.96 bits per heavy atom. The lowest BCUT2D eigenvalue weighted by Gasteiger charge is -2.13. The van der Waals surface area contributed by atoms with Gasteiger partial charge in [0.1, 0.15) is 23.3 Å². The number of nitrogens with two attached hydrogens (primary N) is 1. The van der Waals surface area contributed by atoms with Gasteiger partial charge in [-0.3, -0.25) is 10.5 Å². The van der Waals surface area contributed by atoms with Crippen LogP contribution in [0.1, 0.15) is 29.7 Å². The molecule has 0 unspecified atom stereocenters. The summed E-state index contributed by atoms with van der Waals surface area (Å²) in [4.78, 5) is 14.9. The number of nitriles is 2. The van der Waals surface area contributed by atoms with Gasteiger partial charge in [-0.1, -0.05) is 42.1 Å². The summed E-state index contributed by atoms with van der Waals surface area (Å²) in [5.74, 6) is 0.155. The number of amides is 1. The van der Waals surface area contributed by atoms with Gasteiger partial charge in [0.2, 0.25) is 5.91 Å². The van der Waals surface area contributed by atoms with Crippen LogP contribution in [0.4, 0.5) is 5.82 Å². The fraction of sp³-hybridized carbons (Fsp3) is 0.176. The molecule has 1 atom stereocenters. The molecule has 0 spiro atoms. The van der Waals surface area contributed by atoms with Gasteiger partial charge in [0.25, 0.3) is 5.82 Å². The van der Waals surface area contributed by atoms with Crippen LogP contribution >= 0.6 is 11.8 Å². The minimum absolute atomic E-state index is 0.107. The van der Waals surface area contributed by atoms with Crippen molar-refractivity contribution in [2.75, 3.05) is 11.5 Å². The SMILES string of the molecule is C[C@@H](NC(=O)CSc1[nH+]c(N)c(C#N)cc1C#N)c1ccccc1. The number of hydrogen-bond donors (Lipinski definition) is 2. The second-order valence-electron chi connectivity index (χ2n) is 5.05. The number of hydrogen-bond acceptors (Lipinski definition) is 5. The number of aromatic nitrogens is 1. The zero-order valence-corrected chi connectivity index (χ0v) is 13.9. The van der Waals surface area contributed by atoms with Gasteiger partial charge in [-0.25, -0.2) is 4.98 Å². The van der Waals surface area contributed by atoms with Gasteiger partial charge in [0.15, 0.2) is 5.03 Å². The van der Waals surface area contributed by atoms with Gasteiger partial charge >= 0.3 is 0 Å². The number of benzene rings is 1. The van der Waals surface area contributed by atoms with Crippen LogP contribution < -0.4 is 16.0 Å². The molecule has 2 rings (SSSR count). The van der Waals surface area contributed by atoms with Crippen molar-refractivity contribution in [1.29, 1.82) is 10.5 Å². The Morgan fingerprint density at radius 3 is 2.58 bits per heavy atom. The molecule has 6 nitrogen and oxygen atoms in total. The van der Waals surface area contributed by atoms with E-state index in [9.17, 15) is 4.79 Å². The van der Waals surface area contributed by atoms with Crippen LogP contribution in [0.25, 0.3) is 0 Å². The number of H-pyrrole nitrogens is 1. The highest BCUT2D eigenvalue weighted by Gasteiger charge is 2.16. The number of nitrogens with one attached hydrogen (secondary N) is 2. The van der Waals surface area contributed by atoms with E-state index in [0.29, 0.717) is 5.03 Å². The molecule has 0 fully saturated rings. The Kier molecular flexibility index (Phi) is 5.78. The molecule has 0 aliphatic rings. The Bertz CT molecular complexity index is 823. The quantitative estimate of drug-likeness (QED) is 0.806. The summed E-state index contributed by atoms with van der Waals surface area (Å²) in [5.41, 5.74) is 7.23. The minimum Gasteiger partial charge on any atom is -0.349 e. The normalized spacial score (nSPS) is 11.1. The van der Waals surface area contributed by atoms with Gasteiger partial charge in [-0.15, -0.1) is 0 Å². The van der Waals surface area contributed by atoms with Crippen molar-refractivity contribution in [2.24, 2.45) is 0 Å². The second kappa shape index (κ2) is 8.00. The van der Waals surface area contributed by atoms with Crippen LogP contribution in [-0.4, -0.2) is 11.7 Å². The predicted octanol–water partition coefficient (Wildman–Crippen LogP) is 1.80. The lowest BCUT2D eigenvalue weighted by atomic mass is 10.1. The summed E-state index contributed by atoms with van der Waals surface area (Å²) < 4.78 is 0. The Balaban J connectivity index is 2.01. The van der Waals surface area contributed by atoms with E-state index in [1.54, 1.807) is 0 Å². The molecule has 0 aliphatic carbocycles. The van der Waals surface area contributed by atoms with Crippen molar-refractivity contribution in [3.8, 4) is 12.1 Å². The van der Waals surface area contributed by atoms with Crippen molar-refractivity contribution >= 4 is 23.5 Å². The maximum atomic E-state index is 12.1. The number of nitrogen functional groups attached to an aromatic ring is 1. The van der Waals surface area contributed by atoms with E-state index in [-0.39, 0.29) is 34.6 Å². The summed E-state index contributed by atoms with van der Waals surface area (Å²) >= 11 is 1.17. The van der Waals surface area contributed by atoms with Crippen LogP contribution in [0.3, 0.4) is 0 Å². The molecule has 0 bridgehead atoms.